The molecule has 0 saturated carbocycles. The third-order valence-electron chi connectivity index (χ3n) is 8.05. The van der Waals surface area contributed by atoms with Gasteiger partial charge in [-0.25, -0.2) is 4.79 Å². The maximum atomic E-state index is 14.2. The SMILES string of the molecule is [2H]c1c([2H])c([2H])c(-c2c3cc(C)c(=NCC)cc-3oc3cc(C)c(C)cc23)c(C(=O)N(C)CCCCCC(=O)ON2C(=O)CCC2=O)c1[2H]. The van der Waals surface area contributed by atoms with Crippen LogP contribution in [0.3, 0.4) is 0 Å². The third kappa shape index (κ3) is 6.67. The highest BCUT2D eigenvalue weighted by Gasteiger charge is 2.32. The minimum absolute atomic E-state index is 0.0171. The molecule has 9 heteroatoms. The first-order valence-corrected chi connectivity index (χ1v) is 15.2. The minimum atomic E-state index is -0.692. The topological polar surface area (TPSA) is 109 Å². The van der Waals surface area contributed by atoms with E-state index in [-0.39, 0.29) is 43.0 Å². The molecule has 2 aliphatic heterocycles. The molecule has 2 aromatic carbocycles. The van der Waals surface area contributed by atoms with Gasteiger partial charge in [0, 0.05) is 67.5 Å². The van der Waals surface area contributed by atoms with Crippen molar-refractivity contribution >= 4 is 34.7 Å². The van der Waals surface area contributed by atoms with E-state index in [0.717, 1.165) is 22.0 Å². The molecule has 0 atom stereocenters. The number of unbranched alkanes of at least 4 members (excludes halogenated alkanes) is 2. The molecule has 0 unspecified atom stereocenters. The molecule has 234 valence electrons. The van der Waals surface area contributed by atoms with Crippen molar-refractivity contribution in [2.45, 2.75) is 66.2 Å². The fraction of sp³-hybridized carbons (Fsp3) is 0.361. The molecule has 2 heterocycles. The van der Waals surface area contributed by atoms with E-state index in [1.54, 1.807) is 7.05 Å². The highest BCUT2D eigenvalue weighted by Crippen LogP contribution is 2.42. The number of hydrogen-bond donors (Lipinski definition) is 0. The normalized spacial score (nSPS) is 15.0. The van der Waals surface area contributed by atoms with Crippen LogP contribution in [0, 0.1) is 20.8 Å². The summed E-state index contributed by atoms with van der Waals surface area (Å²) in [6, 6.07) is 5.77. The first kappa shape index (κ1) is 26.6. The van der Waals surface area contributed by atoms with Gasteiger partial charge in [0.1, 0.15) is 11.3 Å². The molecule has 0 radical (unpaired) electrons. The molecule has 45 heavy (non-hydrogen) atoms. The lowest BCUT2D eigenvalue weighted by Crippen LogP contribution is -2.32. The Morgan fingerprint density at radius 3 is 2.40 bits per heavy atom. The Kier molecular flexibility index (Phi) is 7.96. The van der Waals surface area contributed by atoms with Gasteiger partial charge in [-0.3, -0.25) is 19.4 Å². The number of carbonyl (C=O) groups is 4. The van der Waals surface area contributed by atoms with Crippen LogP contribution >= 0.6 is 0 Å². The molecule has 0 N–H and O–H groups in total. The zero-order chi connectivity index (χ0) is 35.7. The standard InChI is InChI=1S/C36H39N3O6/c1-6-37-29-21-31-28(19-24(29)4)35(27-18-22(2)23(3)20-30(27)44-31)25-12-9-10-13-26(25)36(43)38(5)17-11-7-8-14-34(42)45-39-32(40)15-16-33(39)41/h9-10,12-13,18-21H,6-8,11,14-17H2,1-5H3/i9D,10D,12D,13D. The first-order chi connectivity index (χ1) is 23.2. The van der Waals surface area contributed by atoms with Crippen molar-refractivity contribution < 1.29 is 33.9 Å². The van der Waals surface area contributed by atoms with Crippen molar-refractivity contribution in [3.05, 3.63) is 76.0 Å². The number of rotatable bonds is 10. The number of hydroxylamine groups is 2. The zero-order valence-electron chi connectivity index (χ0n) is 30.3. The van der Waals surface area contributed by atoms with E-state index >= 15 is 0 Å². The van der Waals surface area contributed by atoms with Crippen LogP contribution in [0.15, 0.2) is 57.8 Å². The summed E-state index contributed by atoms with van der Waals surface area (Å²) in [5, 5.41) is 1.87. The summed E-state index contributed by atoms with van der Waals surface area (Å²) in [5.41, 5.74) is 4.29. The van der Waals surface area contributed by atoms with Gasteiger partial charge in [-0.2, -0.15) is 0 Å². The second kappa shape index (κ2) is 13.5. The predicted molar refractivity (Wildman–Crippen MR) is 171 cm³/mol. The predicted octanol–water partition coefficient (Wildman–Crippen LogP) is 6.29. The molecule has 1 saturated heterocycles. The molecule has 0 bridgehead atoms. The molecule has 0 aromatic heterocycles. The van der Waals surface area contributed by atoms with Gasteiger partial charge in [-0.1, -0.05) is 24.5 Å². The zero-order valence-corrected chi connectivity index (χ0v) is 26.3. The van der Waals surface area contributed by atoms with Gasteiger partial charge in [0.2, 0.25) is 0 Å². The lowest BCUT2D eigenvalue weighted by Gasteiger charge is -2.22. The number of imide groups is 1. The van der Waals surface area contributed by atoms with E-state index < -0.39 is 41.8 Å². The van der Waals surface area contributed by atoms with E-state index in [4.69, 9.17) is 14.7 Å². The largest absolute Gasteiger partial charge is 0.456 e. The van der Waals surface area contributed by atoms with Crippen molar-refractivity contribution in [2.75, 3.05) is 20.1 Å². The molecule has 3 amide bonds. The van der Waals surface area contributed by atoms with Gasteiger partial charge in [0.15, 0.2) is 0 Å². The quantitative estimate of drug-likeness (QED) is 0.118. The molecule has 0 spiro atoms. The lowest BCUT2D eigenvalue weighted by atomic mass is 9.88. The van der Waals surface area contributed by atoms with Crippen LogP contribution in [0.1, 0.15) is 78.0 Å². The summed E-state index contributed by atoms with van der Waals surface area (Å²) >= 11 is 0. The van der Waals surface area contributed by atoms with E-state index in [2.05, 4.69) is 4.99 Å². The minimum Gasteiger partial charge on any atom is -0.456 e. The van der Waals surface area contributed by atoms with Crippen LogP contribution in [-0.4, -0.2) is 53.8 Å². The lowest BCUT2D eigenvalue weighted by molar-refractivity contribution is -0.197. The summed E-state index contributed by atoms with van der Waals surface area (Å²) in [6.45, 7) is 8.55. The van der Waals surface area contributed by atoms with Gasteiger partial charge >= 0.3 is 5.97 Å². The first-order valence-electron chi connectivity index (χ1n) is 17.2. The summed E-state index contributed by atoms with van der Waals surface area (Å²) in [7, 11) is 1.57. The summed E-state index contributed by atoms with van der Waals surface area (Å²) in [4.78, 5) is 60.7. The number of hydrogen-bond acceptors (Lipinski definition) is 7. The van der Waals surface area contributed by atoms with Crippen molar-refractivity contribution in [3.8, 4) is 22.5 Å². The Morgan fingerprint density at radius 1 is 0.956 bits per heavy atom. The monoisotopic (exact) mass is 613 g/mol. The van der Waals surface area contributed by atoms with Crippen molar-refractivity contribution in [2.24, 2.45) is 4.99 Å². The molecular weight excluding hydrogens is 570 g/mol. The van der Waals surface area contributed by atoms with Gasteiger partial charge in [-0.15, -0.1) is 5.06 Å². The average Bonchev–Trinajstić information content (AvgIpc) is 3.37. The van der Waals surface area contributed by atoms with Gasteiger partial charge in [-0.05, 0) is 87.0 Å². The number of carbonyl (C=O) groups excluding carboxylic acids is 4. The molecule has 5 rings (SSSR count). The van der Waals surface area contributed by atoms with Crippen molar-refractivity contribution in [3.63, 3.8) is 0 Å². The fourth-order valence-electron chi connectivity index (χ4n) is 5.45. The summed E-state index contributed by atoms with van der Waals surface area (Å²) < 4.78 is 41.4. The van der Waals surface area contributed by atoms with E-state index in [9.17, 15) is 19.2 Å². The summed E-state index contributed by atoms with van der Waals surface area (Å²) in [6.07, 6.45) is 1.41. The molecule has 3 aliphatic rings. The number of aryl methyl sites for hydroxylation is 3. The van der Waals surface area contributed by atoms with E-state index in [0.29, 0.717) is 58.7 Å². The highest BCUT2D eigenvalue weighted by atomic mass is 16.7. The Bertz CT molecular complexity index is 2040. The maximum Gasteiger partial charge on any atom is 0.333 e. The maximum absolute atomic E-state index is 14.2. The van der Waals surface area contributed by atoms with E-state index in [1.165, 1.54) is 4.90 Å². The van der Waals surface area contributed by atoms with Crippen LogP contribution in [0.5, 0.6) is 0 Å². The molecule has 2 aromatic rings. The summed E-state index contributed by atoms with van der Waals surface area (Å²) in [5.74, 6) is -1.88. The van der Waals surface area contributed by atoms with Gasteiger partial charge < -0.3 is 14.2 Å². The molecule has 1 fully saturated rings. The third-order valence-corrected chi connectivity index (χ3v) is 8.05. The number of amides is 3. The highest BCUT2D eigenvalue weighted by molar-refractivity contribution is 6.09. The van der Waals surface area contributed by atoms with Crippen LogP contribution in [0.25, 0.3) is 33.4 Å². The Labute approximate surface area is 268 Å². The number of fused-ring (bicyclic) bond motifs is 2. The van der Waals surface area contributed by atoms with E-state index in [1.807, 2.05) is 52.0 Å². The smallest absolute Gasteiger partial charge is 0.333 e. The Balaban J connectivity index is 1.50. The number of benzene rings is 3. The molecular formula is C36H39N3O6. The van der Waals surface area contributed by atoms with Crippen LogP contribution < -0.4 is 5.36 Å². The van der Waals surface area contributed by atoms with Gasteiger partial charge in [0.05, 0.1) is 10.8 Å². The van der Waals surface area contributed by atoms with Crippen LogP contribution in [-0.2, 0) is 19.2 Å². The second-order valence-corrected chi connectivity index (χ2v) is 11.4. The van der Waals surface area contributed by atoms with Crippen LogP contribution in [0.4, 0.5) is 0 Å². The van der Waals surface area contributed by atoms with Gasteiger partial charge in [0.25, 0.3) is 17.7 Å². The Morgan fingerprint density at radius 2 is 1.67 bits per heavy atom. The Hall–Kier alpha value is -4.79. The number of nitrogens with zero attached hydrogens (tertiary/aromatic N) is 3. The molecule has 9 nitrogen and oxygen atoms in total. The average molecular weight is 614 g/mol. The second-order valence-electron chi connectivity index (χ2n) is 11.4. The van der Waals surface area contributed by atoms with Crippen LogP contribution in [0.2, 0.25) is 0 Å². The fourth-order valence-corrected chi connectivity index (χ4v) is 5.45. The molecule has 1 aliphatic carbocycles. The van der Waals surface area contributed by atoms with Crippen molar-refractivity contribution in [1.82, 2.24) is 9.96 Å². The van der Waals surface area contributed by atoms with Crippen molar-refractivity contribution in [1.29, 1.82) is 0 Å².